The molecule has 0 fully saturated rings. The summed E-state index contributed by atoms with van der Waals surface area (Å²) in [6.07, 6.45) is 0.760. The van der Waals surface area contributed by atoms with Crippen LogP contribution in [-0.4, -0.2) is 32.8 Å². The molecule has 28 heavy (non-hydrogen) atoms. The van der Waals surface area contributed by atoms with Crippen molar-refractivity contribution in [2.75, 3.05) is 18.3 Å². The zero-order valence-electron chi connectivity index (χ0n) is 15.6. The molecule has 0 aromatic heterocycles. The zero-order valence-corrected chi connectivity index (χ0v) is 16.4. The second kappa shape index (κ2) is 8.71. The van der Waals surface area contributed by atoms with Gasteiger partial charge in [-0.15, -0.1) is 0 Å². The van der Waals surface area contributed by atoms with Crippen LogP contribution in [0.5, 0.6) is 0 Å². The van der Waals surface area contributed by atoms with E-state index in [-0.39, 0.29) is 10.8 Å². The smallest absolute Gasteiger partial charge is 0.261 e. The molecule has 5 nitrogen and oxygen atoms in total. The molecule has 144 valence electrons. The first-order valence-electron chi connectivity index (χ1n) is 8.93. The highest BCUT2D eigenvalue weighted by atomic mass is 32.2. The van der Waals surface area contributed by atoms with Gasteiger partial charge in [-0.2, -0.15) is 0 Å². The normalized spacial score (nSPS) is 11.0. The van der Waals surface area contributed by atoms with Gasteiger partial charge in [0.25, 0.3) is 15.9 Å². The predicted octanol–water partition coefficient (Wildman–Crippen LogP) is 3.80. The molecular formula is C22H22N2O3S. The molecule has 0 aliphatic rings. The van der Waals surface area contributed by atoms with Crippen molar-refractivity contribution in [1.29, 1.82) is 0 Å². The highest BCUT2D eigenvalue weighted by Gasteiger charge is 2.16. The number of benzene rings is 3. The van der Waals surface area contributed by atoms with Crippen molar-refractivity contribution in [3.05, 3.63) is 96.1 Å². The molecule has 3 aromatic carbocycles. The van der Waals surface area contributed by atoms with Crippen LogP contribution in [0.4, 0.5) is 5.69 Å². The number of carbonyl (C=O) groups is 1. The zero-order chi connectivity index (χ0) is 20.0. The molecule has 0 saturated carbocycles. The van der Waals surface area contributed by atoms with Crippen LogP contribution in [0.3, 0.4) is 0 Å². The Balaban J connectivity index is 1.65. The molecule has 0 spiro atoms. The Morgan fingerprint density at radius 3 is 2.04 bits per heavy atom. The fourth-order valence-corrected chi connectivity index (χ4v) is 3.82. The number of likely N-dealkylation sites (N-methyl/N-ethyl adjacent to an activating group) is 1. The van der Waals surface area contributed by atoms with Gasteiger partial charge in [0.1, 0.15) is 0 Å². The maximum Gasteiger partial charge on any atom is 0.261 e. The van der Waals surface area contributed by atoms with Crippen LogP contribution in [0.15, 0.2) is 89.8 Å². The molecule has 6 heteroatoms. The van der Waals surface area contributed by atoms with E-state index < -0.39 is 10.0 Å². The molecule has 1 amide bonds. The first-order chi connectivity index (χ1) is 13.5. The van der Waals surface area contributed by atoms with Gasteiger partial charge in [-0.25, -0.2) is 8.42 Å². The van der Waals surface area contributed by atoms with Gasteiger partial charge in [-0.05, 0) is 48.4 Å². The number of carbonyl (C=O) groups excluding carboxylic acids is 1. The number of nitrogens with one attached hydrogen (secondary N) is 1. The Kier molecular flexibility index (Phi) is 6.11. The summed E-state index contributed by atoms with van der Waals surface area (Å²) in [5.41, 5.74) is 2.10. The molecule has 0 heterocycles. The number of anilines is 1. The van der Waals surface area contributed by atoms with Gasteiger partial charge in [-0.3, -0.25) is 9.52 Å². The second-order valence-corrected chi connectivity index (χ2v) is 8.14. The van der Waals surface area contributed by atoms with Crippen molar-refractivity contribution in [3.63, 3.8) is 0 Å². The standard InChI is InChI=1S/C22H22N2O3S/c1-24(17-16-18-8-4-2-5-9-18)22(25)19-12-14-21(15-13-19)28(26,27)23-20-10-6-3-7-11-20/h2-15,23H,16-17H2,1H3. The lowest BCUT2D eigenvalue weighted by Crippen LogP contribution is -2.28. The molecule has 0 aliphatic heterocycles. The van der Waals surface area contributed by atoms with Crippen LogP contribution in [0.2, 0.25) is 0 Å². The van der Waals surface area contributed by atoms with Crippen LogP contribution in [-0.2, 0) is 16.4 Å². The van der Waals surface area contributed by atoms with Crippen LogP contribution in [0.1, 0.15) is 15.9 Å². The average Bonchev–Trinajstić information content (AvgIpc) is 2.73. The van der Waals surface area contributed by atoms with Gasteiger partial charge in [0.15, 0.2) is 0 Å². The third-order valence-electron chi connectivity index (χ3n) is 4.36. The van der Waals surface area contributed by atoms with Crippen LogP contribution < -0.4 is 4.72 Å². The van der Waals surface area contributed by atoms with E-state index >= 15 is 0 Å². The Hall–Kier alpha value is -3.12. The molecule has 0 unspecified atom stereocenters. The topological polar surface area (TPSA) is 66.5 Å². The molecular weight excluding hydrogens is 372 g/mol. The molecule has 3 aromatic rings. The fraction of sp³-hybridized carbons (Fsp3) is 0.136. The minimum absolute atomic E-state index is 0.111. The Morgan fingerprint density at radius 1 is 0.857 bits per heavy atom. The van der Waals surface area contributed by atoms with E-state index in [0.717, 1.165) is 12.0 Å². The first-order valence-corrected chi connectivity index (χ1v) is 10.4. The summed E-state index contributed by atoms with van der Waals surface area (Å²) in [7, 11) is -1.95. The number of amides is 1. The SMILES string of the molecule is CN(CCc1ccccc1)C(=O)c1ccc(S(=O)(=O)Nc2ccccc2)cc1. The van der Waals surface area contributed by atoms with E-state index in [0.29, 0.717) is 17.8 Å². The van der Waals surface area contributed by atoms with E-state index in [9.17, 15) is 13.2 Å². The summed E-state index contributed by atoms with van der Waals surface area (Å²) in [6, 6.07) is 24.6. The lowest BCUT2D eigenvalue weighted by molar-refractivity contribution is 0.0796. The van der Waals surface area contributed by atoms with Gasteiger partial charge in [0.05, 0.1) is 4.90 Å². The Bertz CT molecular complexity index is 1020. The van der Waals surface area contributed by atoms with Gasteiger partial charge in [0.2, 0.25) is 0 Å². The second-order valence-electron chi connectivity index (χ2n) is 6.46. The number of nitrogens with zero attached hydrogens (tertiary/aromatic N) is 1. The minimum Gasteiger partial charge on any atom is -0.341 e. The van der Waals surface area contributed by atoms with Gasteiger partial charge < -0.3 is 4.90 Å². The van der Waals surface area contributed by atoms with E-state index in [1.807, 2.05) is 36.4 Å². The number of hydrogen-bond acceptors (Lipinski definition) is 3. The van der Waals surface area contributed by atoms with E-state index in [4.69, 9.17) is 0 Å². The highest BCUT2D eigenvalue weighted by molar-refractivity contribution is 7.92. The monoisotopic (exact) mass is 394 g/mol. The summed E-state index contributed by atoms with van der Waals surface area (Å²) >= 11 is 0. The number of para-hydroxylation sites is 1. The van der Waals surface area contributed by atoms with Crippen molar-refractivity contribution in [2.45, 2.75) is 11.3 Å². The number of sulfonamides is 1. The Morgan fingerprint density at radius 2 is 1.43 bits per heavy atom. The Labute approximate surface area is 165 Å². The van der Waals surface area contributed by atoms with Crippen molar-refractivity contribution in [2.24, 2.45) is 0 Å². The lowest BCUT2D eigenvalue weighted by atomic mass is 10.1. The largest absolute Gasteiger partial charge is 0.341 e. The van der Waals surface area contributed by atoms with E-state index in [2.05, 4.69) is 4.72 Å². The molecule has 1 N–H and O–H groups in total. The molecule has 0 atom stereocenters. The molecule has 0 radical (unpaired) electrons. The highest BCUT2D eigenvalue weighted by Crippen LogP contribution is 2.17. The van der Waals surface area contributed by atoms with E-state index in [1.165, 1.54) is 12.1 Å². The van der Waals surface area contributed by atoms with Crippen molar-refractivity contribution < 1.29 is 13.2 Å². The van der Waals surface area contributed by atoms with Gasteiger partial charge >= 0.3 is 0 Å². The van der Waals surface area contributed by atoms with Gasteiger partial charge in [-0.1, -0.05) is 48.5 Å². The minimum atomic E-state index is -3.70. The summed E-state index contributed by atoms with van der Waals surface area (Å²) < 4.78 is 27.5. The summed E-state index contributed by atoms with van der Waals surface area (Å²) in [5, 5.41) is 0. The van der Waals surface area contributed by atoms with Crippen molar-refractivity contribution >= 4 is 21.6 Å². The molecule has 0 aliphatic carbocycles. The summed E-state index contributed by atoms with van der Waals surface area (Å²) in [6.45, 7) is 0.582. The number of rotatable bonds is 7. The first kappa shape index (κ1) is 19.6. The van der Waals surface area contributed by atoms with Crippen molar-refractivity contribution in [1.82, 2.24) is 4.90 Å². The quantitative estimate of drug-likeness (QED) is 0.663. The maximum atomic E-state index is 12.6. The van der Waals surface area contributed by atoms with Crippen LogP contribution in [0, 0.1) is 0 Å². The fourth-order valence-electron chi connectivity index (χ4n) is 2.76. The van der Waals surface area contributed by atoms with Crippen molar-refractivity contribution in [3.8, 4) is 0 Å². The van der Waals surface area contributed by atoms with Crippen LogP contribution in [0.25, 0.3) is 0 Å². The number of hydrogen-bond donors (Lipinski definition) is 1. The maximum absolute atomic E-state index is 12.6. The van der Waals surface area contributed by atoms with Crippen LogP contribution >= 0.6 is 0 Å². The third kappa shape index (κ3) is 4.98. The van der Waals surface area contributed by atoms with E-state index in [1.54, 1.807) is 48.3 Å². The molecule has 3 rings (SSSR count). The summed E-state index contributed by atoms with van der Waals surface area (Å²) in [5.74, 6) is -0.143. The average molecular weight is 394 g/mol. The predicted molar refractivity (Wildman–Crippen MR) is 111 cm³/mol. The summed E-state index contributed by atoms with van der Waals surface area (Å²) in [4.78, 5) is 14.3. The third-order valence-corrected chi connectivity index (χ3v) is 5.76. The van der Waals surface area contributed by atoms with Gasteiger partial charge in [0, 0.05) is 24.8 Å². The lowest BCUT2D eigenvalue weighted by Gasteiger charge is -2.17. The molecule has 0 saturated heterocycles. The molecule has 0 bridgehead atoms.